The lowest BCUT2D eigenvalue weighted by Gasteiger charge is -2.04. The lowest BCUT2D eigenvalue weighted by atomic mass is 10.2. The summed E-state index contributed by atoms with van der Waals surface area (Å²) in [6.45, 7) is 3.76. The van der Waals surface area contributed by atoms with E-state index in [-0.39, 0.29) is 5.91 Å². The lowest BCUT2D eigenvalue weighted by molar-refractivity contribution is 0.102. The number of nitriles is 1. The Morgan fingerprint density at radius 3 is 2.72 bits per heavy atom. The van der Waals surface area contributed by atoms with E-state index in [9.17, 15) is 4.79 Å². The largest absolute Gasteiger partial charge is 0.362 e. The predicted molar refractivity (Wildman–Crippen MR) is 69.4 cm³/mol. The normalized spacial score (nSPS) is 9.83. The van der Waals surface area contributed by atoms with Crippen LogP contribution in [0.3, 0.4) is 0 Å². The average Bonchev–Trinajstić information content (AvgIpc) is 2.69. The van der Waals surface area contributed by atoms with E-state index >= 15 is 0 Å². The van der Waals surface area contributed by atoms with Crippen LogP contribution in [0.15, 0.2) is 30.3 Å². The van der Waals surface area contributed by atoms with Crippen LogP contribution in [-0.4, -0.2) is 10.9 Å². The molecule has 0 radical (unpaired) electrons. The number of hydrogen-bond acceptors (Lipinski definition) is 2. The fourth-order valence-corrected chi connectivity index (χ4v) is 1.82. The van der Waals surface area contributed by atoms with Gasteiger partial charge in [-0.05, 0) is 38.1 Å². The van der Waals surface area contributed by atoms with Crippen LogP contribution in [0, 0.1) is 25.2 Å². The molecule has 1 heterocycles. The minimum absolute atomic E-state index is 0.174. The molecule has 4 heteroatoms. The molecular formula is C14H13N3O. The van der Waals surface area contributed by atoms with E-state index in [4.69, 9.17) is 5.26 Å². The molecule has 0 saturated carbocycles. The molecule has 0 saturated heterocycles. The number of hydrogen-bond donors (Lipinski definition) is 2. The molecule has 0 aliphatic heterocycles. The number of nitrogens with one attached hydrogen (secondary N) is 2. The third-order valence-corrected chi connectivity index (χ3v) is 2.64. The maximum atomic E-state index is 12.0. The molecule has 0 aliphatic carbocycles. The Morgan fingerprint density at radius 2 is 2.11 bits per heavy atom. The van der Waals surface area contributed by atoms with Gasteiger partial charge in [0.25, 0.3) is 5.91 Å². The Bertz CT molecular complexity index is 635. The summed E-state index contributed by atoms with van der Waals surface area (Å²) in [5.41, 5.74) is 3.55. The first-order chi connectivity index (χ1) is 8.60. The van der Waals surface area contributed by atoms with Gasteiger partial charge >= 0.3 is 0 Å². The van der Waals surface area contributed by atoms with Crippen molar-refractivity contribution in [3.63, 3.8) is 0 Å². The molecular weight excluding hydrogens is 226 g/mol. The summed E-state index contributed by atoms with van der Waals surface area (Å²) in [6.07, 6.45) is 0. The highest BCUT2D eigenvalue weighted by molar-refractivity contribution is 6.05. The molecule has 1 aromatic heterocycles. The van der Waals surface area contributed by atoms with E-state index in [0.29, 0.717) is 16.8 Å². The zero-order valence-corrected chi connectivity index (χ0v) is 10.2. The van der Waals surface area contributed by atoms with Gasteiger partial charge in [-0.1, -0.05) is 6.07 Å². The summed E-state index contributed by atoms with van der Waals surface area (Å²) < 4.78 is 0. The van der Waals surface area contributed by atoms with Gasteiger partial charge in [-0.25, -0.2) is 0 Å². The molecule has 1 aromatic carbocycles. The molecule has 90 valence electrons. The van der Waals surface area contributed by atoms with E-state index < -0.39 is 0 Å². The number of rotatable bonds is 2. The van der Waals surface area contributed by atoms with Crippen molar-refractivity contribution in [3.8, 4) is 6.07 Å². The van der Waals surface area contributed by atoms with Crippen LogP contribution in [0.1, 0.15) is 27.3 Å². The maximum absolute atomic E-state index is 12.0. The molecule has 2 N–H and O–H groups in total. The molecule has 0 atom stereocenters. The number of aromatic nitrogens is 1. The van der Waals surface area contributed by atoms with Crippen LogP contribution in [0.5, 0.6) is 0 Å². The summed E-state index contributed by atoms with van der Waals surface area (Å²) in [6, 6.07) is 10.7. The number of benzene rings is 1. The van der Waals surface area contributed by atoms with Gasteiger partial charge in [0.05, 0.1) is 17.2 Å². The van der Waals surface area contributed by atoms with Gasteiger partial charge in [0.2, 0.25) is 0 Å². The number of carbonyl (C=O) groups excluding carboxylic acids is 1. The summed E-state index contributed by atoms with van der Waals surface area (Å²) in [7, 11) is 0. The van der Waals surface area contributed by atoms with E-state index in [1.54, 1.807) is 30.3 Å². The molecule has 0 unspecified atom stereocenters. The summed E-state index contributed by atoms with van der Waals surface area (Å²) in [4.78, 5) is 15.1. The second kappa shape index (κ2) is 4.76. The zero-order chi connectivity index (χ0) is 13.1. The predicted octanol–water partition coefficient (Wildman–Crippen LogP) is 2.76. The first kappa shape index (κ1) is 11.9. The smallest absolute Gasteiger partial charge is 0.257 e. The van der Waals surface area contributed by atoms with Crippen LogP contribution >= 0.6 is 0 Å². The molecule has 4 nitrogen and oxygen atoms in total. The van der Waals surface area contributed by atoms with Crippen LogP contribution in [0.2, 0.25) is 0 Å². The summed E-state index contributed by atoms with van der Waals surface area (Å²) in [5, 5.41) is 11.6. The lowest BCUT2D eigenvalue weighted by Crippen LogP contribution is -2.12. The van der Waals surface area contributed by atoms with Gasteiger partial charge in [-0.15, -0.1) is 0 Å². The van der Waals surface area contributed by atoms with Gasteiger partial charge in [0, 0.05) is 17.1 Å². The third kappa shape index (κ3) is 2.41. The van der Waals surface area contributed by atoms with Crippen molar-refractivity contribution >= 4 is 11.6 Å². The fourth-order valence-electron chi connectivity index (χ4n) is 1.82. The Labute approximate surface area is 105 Å². The van der Waals surface area contributed by atoms with Crippen molar-refractivity contribution in [2.45, 2.75) is 13.8 Å². The molecule has 0 spiro atoms. The van der Waals surface area contributed by atoms with E-state index in [2.05, 4.69) is 10.3 Å². The van der Waals surface area contributed by atoms with E-state index in [1.807, 2.05) is 19.9 Å². The molecule has 2 rings (SSSR count). The van der Waals surface area contributed by atoms with Crippen molar-refractivity contribution in [1.29, 1.82) is 5.26 Å². The Hall–Kier alpha value is -2.54. The number of nitrogens with zero attached hydrogens (tertiary/aromatic N) is 1. The molecule has 18 heavy (non-hydrogen) atoms. The zero-order valence-electron chi connectivity index (χ0n) is 10.2. The van der Waals surface area contributed by atoms with Crippen LogP contribution in [-0.2, 0) is 0 Å². The molecule has 2 aromatic rings. The highest BCUT2D eigenvalue weighted by Gasteiger charge is 2.11. The second-order valence-electron chi connectivity index (χ2n) is 4.14. The number of aryl methyl sites for hydroxylation is 2. The monoisotopic (exact) mass is 239 g/mol. The van der Waals surface area contributed by atoms with Crippen molar-refractivity contribution < 1.29 is 4.79 Å². The minimum atomic E-state index is -0.174. The molecule has 0 aliphatic rings. The standard InChI is InChI=1S/C14H13N3O/c1-9-6-13(10(2)16-9)14(18)17-12-5-3-4-11(7-12)8-15/h3-7,16H,1-2H3,(H,17,18). The van der Waals surface area contributed by atoms with Crippen molar-refractivity contribution in [1.82, 2.24) is 4.98 Å². The molecule has 0 bridgehead atoms. The van der Waals surface area contributed by atoms with Gasteiger partial charge in [0.15, 0.2) is 0 Å². The quantitative estimate of drug-likeness (QED) is 0.846. The van der Waals surface area contributed by atoms with Gasteiger partial charge < -0.3 is 10.3 Å². The maximum Gasteiger partial charge on any atom is 0.257 e. The number of H-pyrrole nitrogens is 1. The highest BCUT2D eigenvalue weighted by Crippen LogP contribution is 2.14. The number of carbonyl (C=O) groups is 1. The topological polar surface area (TPSA) is 68.7 Å². The number of amides is 1. The van der Waals surface area contributed by atoms with Crippen molar-refractivity contribution in [2.75, 3.05) is 5.32 Å². The van der Waals surface area contributed by atoms with Crippen molar-refractivity contribution in [2.24, 2.45) is 0 Å². The van der Waals surface area contributed by atoms with Gasteiger partial charge in [-0.3, -0.25) is 4.79 Å². The fraction of sp³-hybridized carbons (Fsp3) is 0.143. The first-order valence-electron chi connectivity index (χ1n) is 5.58. The SMILES string of the molecule is Cc1cc(C(=O)Nc2cccc(C#N)c2)c(C)[nH]1. The Balaban J connectivity index is 2.21. The van der Waals surface area contributed by atoms with Crippen LogP contribution in [0.25, 0.3) is 0 Å². The Kier molecular flexibility index (Phi) is 3.16. The number of anilines is 1. The number of aromatic amines is 1. The van der Waals surface area contributed by atoms with Crippen LogP contribution < -0.4 is 5.32 Å². The average molecular weight is 239 g/mol. The van der Waals surface area contributed by atoms with Gasteiger partial charge in [-0.2, -0.15) is 5.26 Å². The second-order valence-corrected chi connectivity index (χ2v) is 4.14. The molecule has 1 amide bonds. The minimum Gasteiger partial charge on any atom is -0.362 e. The van der Waals surface area contributed by atoms with E-state index in [1.165, 1.54) is 0 Å². The molecule has 0 fully saturated rings. The summed E-state index contributed by atoms with van der Waals surface area (Å²) >= 11 is 0. The van der Waals surface area contributed by atoms with E-state index in [0.717, 1.165) is 11.4 Å². The summed E-state index contributed by atoms with van der Waals surface area (Å²) in [5.74, 6) is -0.174. The first-order valence-corrected chi connectivity index (χ1v) is 5.58. The van der Waals surface area contributed by atoms with Crippen LogP contribution in [0.4, 0.5) is 5.69 Å². The van der Waals surface area contributed by atoms with Gasteiger partial charge in [0.1, 0.15) is 0 Å². The third-order valence-electron chi connectivity index (χ3n) is 2.64. The van der Waals surface area contributed by atoms with Crippen molar-refractivity contribution in [3.05, 3.63) is 52.8 Å². The Morgan fingerprint density at radius 1 is 1.33 bits per heavy atom. The highest BCUT2D eigenvalue weighted by atomic mass is 16.1.